The summed E-state index contributed by atoms with van der Waals surface area (Å²) in [6.07, 6.45) is 2.18. The molecule has 0 aliphatic carbocycles. The van der Waals surface area contributed by atoms with Crippen molar-refractivity contribution in [3.05, 3.63) is 93.5 Å². The van der Waals surface area contributed by atoms with Gasteiger partial charge in [-0.3, -0.25) is 4.79 Å². The first-order valence-electron chi connectivity index (χ1n) is 9.41. The van der Waals surface area contributed by atoms with Gasteiger partial charge < -0.3 is 14.7 Å². The maximum absolute atomic E-state index is 14.3. The van der Waals surface area contributed by atoms with Crippen LogP contribution in [0.3, 0.4) is 0 Å². The second kappa shape index (κ2) is 7.59. The number of aryl methyl sites for hydroxylation is 1. The molecule has 0 radical (unpaired) electrons. The van der Waals surface area contributed by atoms with Crippen LogP contribution in [0.2, 0.25) is 0 Å². The molecule has 30 heavy (non-hydrogen) atoms. The number of aromatic amines is 1. The number of H-pyrrole nitrogens is 1. The predicted octanol–water partition coefficient (Wildman–Crippen LogP) is 4.58. The number of rotatable bonds is 5. The van der Waals surface area contributed by atoms with E-state index in [9.17, 15) is 23.5 Å². The Balaban J connectivity index is 2.09. The van der Waals surface area contributed by atoms with E-state index < -0.39 is 23.2 Å². The summed E-state index contributed by atoms with van der Waals surface area (Å²) >= 11 is 0. The number of halogens is 2. The molecule has 0 aliphatic rings. The van der Waals surface area contributed by atoms with Gasteiger partial charge in [0.1, 0.15) is 17.3 Å². The van der Waals surface area contributed by atoms with Crippen molar-refractivity contribution in [1.29, 1.82) is 0 Å². The number of hydrogen-bond acceptors (Lipinski definition) is 2. The highest BCUT2D eigenvalue weighted by atomic mass is 19.1. The number of carboxylic acid groups (broad SMARTS) is 1. The highest BCUT2D eigenvalue weighted by Crippen LogP contribution is 2.35. The van der Waals surface area contributed by atoms with Gasteiger partial charge in [0.25, 0.3) is 5.56 Å². The van der Waals surface area contributed by atoms with E-state index in [0.29, 0.717) is 17.3 Å². The molecular formula is C23H18F2N2O3. The summed E-state index contributed by atoms with van der Waals surface area (Å²) in [5.74, 6) is -2.52. The van der Waals surface area contributed by atoms with Gasteiger partial charge in [0, 0.05) is 33.8 Å². The second-order valence-corrected chi connectivity index (χ2v) is 6.97. The number of carbonyl (C=O) groups is 1. The molecule has 2 N–H and O–H groups in total. The van der Waals surface area contributed by atoms with Gasteiger partial charge in [0.2, 0.25) is 0 Å². The molecule has 0 amide bonds. The largest absolute Gasteiger partial charge is 0.477 e. The third kappa shape index (κ3) is 3.28. The number of aromatic nitrogens is 2. The topological polar surface area (TPSA) is 75.1 Å². The lowest BCUT2D eigenvalue weighted by atomic mass is 10.0. The van der Waals surface area contributed by atoms with Crippen molar-refractivity contribution in [2.45, 2.75) is 19.9 Å². The Morgan fingerprint density at radius 3 is 2.63 bits per heavy atom. The zero-order chi connectivity index (χ0) is 21.4. The van der Waals surface area contributed by atoms with Crippen LogP contribution in [-0.4, -0.2) is 20.6 Å². The zero-order valence-corrected chi connectivity index (χ0v) is 16.1. The Bertz CT molecular complexity index is 1340. The van der Waals surface area contributed by atoms with Crippen molar-refractivity contribution in [2.24, 2.45) is 0 Å². The molecule has 0 atom stereocenters. The van der Waals surface area contributed by atoms with Crippen LogP contribution >= 0.6 is 0 Å². The normalized spacial score (nSPS) is 11.2. The SMILES string of the molecule is CCc1ccc2c(c1)c(-c1ccc[nH]c1=O)c(C(=O)O)n2Cc1cc(F)ccc1F. The first-order valence-corrected chi connectivity index (χ1v) is 9.41. The Kier molecular flexibility index (Phi) is 4.95. The highest BCUT2D eigenvalue weighted by molar-refractivity contribution is 6.08. The predicted molar refractivity (Wildman–Crippen MR) is 110 cm³/mol. The molecule has 5 nitrogen and oxygen atoms in total. The molecule has 152 valence electrons. The monoisotopic (exact) mass is 408 g/mol. The number of benzene rings is 2. The van der Waals surface area contributed by atoms with Crippen molar-refractivity contribution in [3.8, 4) is 11.1 Å². The minimum Gasteiger partial charge on any atom is -0.477 e. The van der Waals surface area contributed by atoms with E-state index in [2.05, 4.69) is 4.98 Å². The standard InChI is InChI=1S/C23H18F2N2O3/c1-2-13-5-8-19-17(10-13)20(16-4-3-9-26-22(16)28)21(23(29)30)27(19)12-14-11-15(24)6-7-18(14)25/h3-11H,2,12H2,1H3,(H,26,28)(H,29,30). The quantitative estimate of drug-likeness (QED) is 0.507. The molecular weight excluding hydrogens is 390 g/mol. The molecule has 2 aromatic heterocycles. The van der Waals surface area contributed by atoms with E-state index in [1.165, 1.54) is 10.8 Å². The van der Waals surface area contributed by atoms with Gasteiger partial charge >= 0.3 is 5.97 Å². The average molecular weight is 408 g/mol. The lowest BCUT2D eigenvalue weighted by Crippen LogP contribution is -2.14. The number of nitrogens with zero attached hydrogens (tertiary/aromatic N) is 1. The molecule has 7 heteroatoms. The number of nitrogens with one attached hydrogen (secondary N) is 1. The summed E-state index contributed by atoms with van der Waals surface area (Å²) in [6.45, 7) is 1.77. The van der Waals surface area contributed by atoms with Crippen molar-refractivity contribution < 1.29 is 18.7 Å². The molecule has 4 aromatic rings. The molecule has 4 rings (SSSR count). The first kappa shape index (κ1) is 19.6. The molecule has 0 spiro atoms. The summed E-state index contributed by atoms with van der Waals surface area (Å²) in [5.41, 5.74) is 1.37. The minimum atomic E-state index is -1.26. The van der Waals surface area contributed by atoms with Crippen LogP contribution in [0.1, 0.15) is 28.5 Å². The van der Waals surface area contributed by atoms with Gasteiger partial charge in [-0.25, -0.2) is 13.6 Å². The van der Waals surface area contributed by atoms with Crippen molar-refractivity contribution in [1.82, 2.24) is 9.55 Å². The summed E-state index contributed by atoms with van der Waals surface area (Å²) in [7, 11) is 0. The molecule has 0 saturated carbocycles. The fraction of sp³-hybridized carbons (Fsp3) is 0.130. The van der Waals surface area contributed by atoms with Gasteiger partial charge in [0.15, 0.2) is 0 Å². The number of fused-ring (bicyclic) bond motifs is 1. The second-order valence-electron chi connectivity index (χ2n) is 6.97. The Morgan fingerprint density at radius 2 is 1.93 bits per heavy atom. The summed E-state index contributed by atoms with van der Waals surface area (Å²) in [4.78, 5) is 27.4. The summed E-state index contributed by atoms with van der Waals surface area (Å²) in [5, 5.41) is 10.6. The van der Waals surface area contributed by atoms with Crippen LogP contribution in [0.25, 0.3) is 22.0 Å². The molecule has 0 unspecified atom stereocenters. The Hall–Kier alpha value is -3.74. The maximum Gasteiger partial charge on any atom is 0.353 e. The molecule has 0 aliphatic heterocycles. The van der Waals surface area contributed by atoms with Gasteiger partial charge in [-0.1, -0.05) is 13.0 Å². The first-order chi connectivity index (χ1) is 14.4. The maximum atomic E-state index is 14.3. The van der Waals surface area contributed by atoms with Crippen LogP contribution in [-0.2, 0) is 13.0 Å². The lowest BCUT2D eigenvalue weighted by molar-refractivity contribution is 0.0687. The van der Waals surface area contributed by atoms with Crippen molar-refractivity contribution >= 4 is 16.9 Å². The van der Waals surface area contributed by atoms with Crippen LogP contribution in [0.5, 0.6) is 0 Å². The summed E-state index contributed by atoms with van der Waals surface area (Å²) in [6, 6.07) is 11.7. The highest BCUT2D eigenvalue weighted by Gasteiger charge is 2.26. The number of pyridine rings is 1. The van der Waals surface area contributed by atoms with E-state index in [4.69, 9.17) is 0 Å². The van der Waals surface area contributed by atoms with E-state index >= 15 is 0 Å². The van der Waals surface area contributed by atoms with Crippen LogP contribution in [0, 0.1) is 11.6 Å². The molecule has 0 saturated heterocycles. The van der Waals surface area contributed by atoms with E-state index in [0.717, 1.165) is 23.8 Å². The third-order valence-corrected chi connectivity index (χ3v) is 5.16. The van der Waals surface area contributed by atoms with Gasteiger partial charge in [-0.2, -0.15) is 0 Å². The fourth-order valence-corrected chi connectivity index (χ4v) is 3.73. The van der Waals surface area contributed by atoms with E-state index in [-0.39, 0.29) is 28.9 Å². The van der Waals surface area contributed by atoms with Crippen molar-refractivity contribution in [2.75, 3.05) is 0 Å². The number of hydrogen-bond donors (Lipinski definition) is 2. The smallest absolute Gasteiger partial charge is 0.353 e. The number of carboxylic acids is 1. The molecule has 0 fully saturated rings. The Morgan fingerprint density at radius 1 is 1.13 bits per heavy atom. The van der Waals surface area contributed by atoms with E-state index in [1.807, 2.05) is 19.1 Å². The summed E-state index contributed by atoms with van der Waals surface area (Å²) < 4.78 is 29.4. The van der Waals surface area contributed by atoms with Crippen molar-refractivity contribution in [3.63, 3.8) is 0 Å². The van der Waals surface area contributed by atoms with Crippen LogP contribution in [0.15, 0.2) is 59.5 Å². The molecule has 2 aromatic carbocycles. The van der Waals surface area contributed by atoms with E-state index in [1.54, 1.807) is 18.2 Å². The van der Waals surface area contributed by atoms with Crippen LogP contribution < -0.4 is 5.56 Å². The third-order valence-electron chi connectivity index (χ3n) is 5.16. The lowest BCUT2D eigenvalue weighted by Gasteiger charge is -2.10. The Labute approximate surface area is 170 Å². The molecule has 0 bridgehead atoms. The average Bonchev–Trinajstić information content (AvgIpc) is 3.04. The number of aromatic carboxylic acids is 1. The fourth-order valence-electron chi connectivity index (χ4n) is 3.73. The van der Waals surface area contributed by atoms with Crippen LogP contribution in [0.4, 0.5) is 8.78 Å². The van der Waals surface area contributed by atoms with Gasteiger partial charge in [0.05, 0.1) is 6.54 Å². The molecule has 2 heterocycles. The van der Waals surface area contributed by atoms with Gasteiger partial charge in [-0.15, -0.1) is 0 Å². The zero-order valence-electron chi connectivity index (χ0n) is 16.1. The minimum absolute atomic E-state index is 0.0162. The van der Waals surface area contributed by atoms with Gasteiger partial charge in [-0.05, 0) is 54.4 Å².